The molecule has 0 spiro atoms. The monoisotopic (exact) mass is 243 g/mol. The van der Waals surface area contributed by atoms with Crippen molar-refractivity contribution in [2.45, 2.75) is 18.8 Å². The van der Waals surface area contributed by atoms with E-state index in [1.807, 2.05) is 4.72 Å². The molecule has 1 saturated heterocycles. The molecule has 5 nitrogen and oxygen atoms in total. The highest BCUT2D eigenvalue weighted by molar-refractivity contribution is 7.87. The lowest BCUT2D eigenvalue weighted by Gasteiger charge is -2.19. The zero-order chi connectivity index (χ0) is 11.5. The number of alkyl halides is 2. The van der Waals surface area contributed by atoms with Gasteiger partial charge in [-0.2, -0.15) is 17.4 Å². The first-order chi connectivity index (χ1) is 6.87. The van der Waals surface area contributed by atoms with Gasteiger partial charge < -0.3 is 5.73 Å². The SMILES string of the molecule is NCC(F)(F)CNS(=O)(=O)N1CCCC1. The van der Waals surface area contributed by atoms with Crippen molar-refractivity contribution in [3.63, 3.8) is 0 Å². The zero-order valence-corrected chi connectivity index (χ0v) is 9.06. The summed E-state index contributed by atoms with van der Waals surface area (Å²) in [6.07, 6.45) is 1.54. The van der Waals surface area contributed by atoms with Gasteiger partial charge in [-0.05, 0) is 12.8 Å². The van der Waals surface area contributed by atoms with Gasteiger partial charge in [-0.1, -0.05) is 0 Å². The number of nitrogens with two attached hydrogens (primary N) is 1. The minimum Gasteiger partial charge on any atom is -0.325 e. The summed E-state index contributed by atoms with van der Waals surface area (Å²) in [7, 11) is -3.76. The Morgan fingerprint density at radius 3 is 2.33 bits per heavy atom. The molecule has 90 valence electrons. The molecule has 15 heavy (non-hydrogen) atoms. The van der Waals surface area contributed by atoms with E-state index >= 15 is 0 Å². The predicted octanol–water partition coefficient (Wildman–Crippen LogP) is -0.489. The minimum atomic E-state index is -3.76. The molecule has 1 heterocycles. The average Bonchev–Trinajstić information content (AvgIpc) is 2.69. The third-order valence-corrected chi connectivity index (χ3v) is 3.77. The second-order valence-electron chi connectivity index (χ2n) is 3.49. The largest absolute Gasteiger partial charge is 0.325 e. The fourth-order valence-corrected chi connectivity index (χ4v) is 2.60. The average molecular weight is 243 g/mol. The normalized spacial score (nSPS) is 19.7. The summed E-state index contributed by atoms with van der Waals surface area (Å²) in [6.45, 7) is -1.02. The smallest absolute Gasteiger partial charge is 0.279 e. The molecule has 0 aromatic carbocycles. The molecule has 1 rings (SSSR count). The van der Waals surface area contributed by atoms with Gasteiger partial charge >= 0.3 is 0 Å². The van der Waals surface area contributed by atoms with E-state index in [0.717, 1.165) is 12.8 Å². The molecule has 0 unspecified atom stereocenters. The maximum atomic E-state index is 12.7. The molecule has 1 aliphatic heterocycles. The van der Waals surface area contributed by atoms with E-state index in [-0.39, 0.29) is 0 Å². The highest BCUT2D eigenvalue weighted by atomic mass is 32.2. The van der Waals surface area contributed by atoms with Crippen molar-refractivity contribution < 1.29 is 17.2 Å². The summed E-state index contributed by atoms with van der Waals surface area (Å²) >= 11 is 0. The van der Waals surface area contributed by atoms with Crippen molar-refractivity contribution in [2.24, 2.45) is 5.73 Å². The Bertz CT molecular complexity index is 301. The maximum Gasteiger partial charge on any atom is 0.279 e. The van der Waals surface area contributed by atoms with Crippen LogP contribution in [0.1, 0.15) is 12.8 Å². The number of nitrogens with one attached hydrogen (secondary N) is 1. The van der Waals surface area contributed by atoms with Crippen molar-refractivity contribution in [3.8, 4) is 0 Å². The van der Waals surface area contributed by atoms with E-state index in [9.17, 15) is 17.2 Å². The van der Waals surface area contributed by atoms with Gasteiger partial charge in [-0.3, -0.25) is 0 Å². The first-order valence-electron chi connectivity index (χ1n) is 4.70. The second kappa shape index (κ2) is 4.69. The predicted molar refractivity (Wildman–Crippen MR) is 51.7 cm³/mol. The summed E-state index contributed by atoms with van der Waals surface area (Å²) in [5.74, 6) is -3.19. The molecule has 0 aromatic rings. The van der Waals surface area contributed by atoms with Crippen LogP contribution in [0.4, 0.5) is 8.78 Å². The van der Waals surface area contributed by atoms with Crippen LogP contribution in [-0.4, -0.2) is 44.8 Å². The maximum absolute atomic E-state index is 12.7. The van der Waals surface area contributed by atoms with Gasteiger partial charge in [0.2, 0.25) is 0 Å². The van der Waals surface area contributed by atoms with Gasteiger partial charge in [0.1, 0.15) is 0 Å². The molecule has 3 N–H and O–H groups in total. The molecule has 0 amide bonds. The van der Waals surface area contributed by atoms with Crippen LogP contribution >= 0.6 is 0 Å². The van der Waals surface area contributed by atoms with Crippen molar-refractivity contribution in [1.82, 2.24) is 9.03 Å². The Morgan fingerprint density at radius 2 is 1.87 bits per heavy atom. The van der Waals surface area contributed by atoms with Crippen molar-refractivity contribution in [2.75, 3.05) is 26.2 Å². The fourth-order valence-electron chi connectivity index (χ4n) is 1.29. The minimum absolute atomic E-state index is 0.392. The van der Waals surface area contributed by atoms with Crippen LogP contribution in [0.25, 0.3) is 0 Å². The van der Waals surface area contributed by atoms with Gasteiger partial charge in [-0.15, -0.1) is 0 Å². The lowest BCUT2D eigenvalue weighted by atomic mass is 10.3. The molecule has 0 aromatic heterocycles. The lowest BCUT2D eigenvalue weighted by molar-refractivity contribution is 0.0167. The summed E-state index contributed by atoms with van der Waals surface area (Å²) < 4.78 is 51.3. The van der Waals surface area contributed by atoms with Gasteiger partial charge in [0.25, 0.3) is 16.1 Å². The highest BCUT2D eigenvalue weighted by Gasteiger charge is 2.32. The van der Waals surface area contributed by atoms with Gasteiger partial charge in [0, 0.05) is 13.1 Å². The number of hydrogen-bond acceptors (Lipinski definition) is 3. The first kappa shape index (κ1) is 12.8. The van der Waals surface area contributed by atoms with Crippen LogP contribution < -0.4 is 10.5 Å². The molecular formula is C7H15F2N3O2S. The van der Waals surface area contributed by atoms with Crippen LogP contribution in [0.3, 0.4) is 0 Å². The summed E-state index contributed by atoms with van der Waals surface area (Å²) in [6, 6.07) is 0. The Balaban J connectivity index is 2.50. The summed E-state index contributed by atoms with van der Waals surface area (Å²) in [4.78, 5) is 0. The third-order valence-electron chi connectivity index (χ3n) is 2.22. The Labute approximate surface area is 87.8 Å². The van der Waals surface area contributed by atoms with E-state index in [4.69, 9.17) is 5.73 Å². The number of nitrogens with zero attached hydrogens (tertiary/aromatic N) is 1. The summed E-state index contributed by atoms with van der Waals surface area (Å²) in [5, 5.41) is 0. The van der Waals surface area contributed by atoms with E-state index in [2.05, 4.69) is 0 Å². The quantitative estimate of drug-likeness (QED) is 0.684. The fraction of sp³-hybridized carbons (Fsp3) is 1.00. The van der Waals surface area contributed by atoms with Gasteiger partial charge in [0.15, 0.2) is 0 Å². The molecular weight excluding hydrogens is 228 g/mol. The topological polar surface area (TPSA) is 75.4 Å². The van der Waals surface area contributed by atoms with Crippen LogP contribution in [0, 0.1) is 0 Å². The van der Waals surface area contributed by atoms with Crippen molar-refractivity contribution >= 4 is 10.2 Å². The van der Waals surface area contributed by atoms with Crippen molar-refractivity contribution in [1.29, 1.82) is 0 Å². The molecule has 1 aliphatic rings. The molecule has 8 heteroatoms. The third kappa shape index (κ3) is 3.63. The van der Waals surface area contributed by atoms with Gasteiger partial charge in [-0.25, -0.2) is 8.78 Å². The van der Waals surface area contributed by atoms with Crippen molar-refractivity contribution in [3.05, 3.63) is 0 Å². The second-order valence-corrected chi connectivity index (χ2v) is 5.25. The molecule has 0 radical (unpaired) electrons. The van der Waals surface area contributed by atoms with E-state index in [0.29, 0.717) is 13.1 Å². The standard InChI is InChI=1S/C7H15F2N3O2S/c8-7(9,5-10)6-11-15(13,14)12-3-1-2-4-12/h11H,1-6,10H2. The Hall–Kier alpha value is -0.310. The summed E-state index contributed by atoms with van der Waals surface area (Å²) in [5.41, 5.74) is 4.79. The number of halogens is 2. The zero-order valence-electron chi connectivity index (χ0n) is 8.25. The van der Waals surface area contributed by atoms with E-state index < -0.39 is 29.2 Å². The van der Waals surface area contributed by atoms with Crippen LogP contribution in [-0.2, 0) is 10.2 Å². The van der Waals surface area contributed by atoms with E-state index in [1.165, 1.54) is 4.31 Å². The van der Waals surface area contributed by atoms with Crippen LogP contribution in [0.5, 0.6) is 0 Å². The highest BCUT2D eigenvalue weighted by Crippen LogP contribution is 2.13. The van der Waals surface area contributed by atoms with Crippen LogP contribution in [0.15, 0.2) is 0 Å². The molecule has 0 aliphatic carbocycles. The lowest BCUT2D eigenvalue weighted by Crippen LogP contribution is -2.46. The molecule has 0 bridgehead atoms. The Morgan fingerprint density at radius 1 is 1.33 bits per heavy atom. The van der Waals surface area contributed by atoms with E-state index in [1.54, 1.807) is 0 Å². The molecule has 0 saturated carbocycles. The molecule has 0 atom stereocenters. The molecule has 1 fully saturated rings. The number of hydrogen-bond donors (Lipinski definition) is 2. The van der Waals surface area contributed by atoms with Gasteiger partial charge in [0.05, 0.1) is 13.1 Å². The van der Waals surface area contributed by atoms with Crippen LogP contribution in [0.2, 0.25) is 0 Å². The Kier molecular flexibility index (Phi) is 3.99. The number of rotatable bonds is 5. The first-order valence-corrected chi connectivity index (χ1v) is 6.14.